The van der Waals surface area contributed by atoms with Gasteiger partial charge < -0.3 is 187 Å². The standard InChI is InChI=1S/C90H174N34O21/c91-37-13-1-25-58(103)80(135)105-49-71(126)115-60(27-3-15-39-93)82(137)107-51-73(128)117-64(31-7-19-43-97)85(140)110-56-77(132)121-68(35-11-23-47-101)89(144)124-67(34-10-22-46-100)88(143)113-55-76(131)120-63(30-6-18-42-96)84(139)109-53-74(129)118-65(32-8-20-44-98)86(141)111-57-78(133)122-69(36-12-24-48-102)90(145)123-66(33-9-21-45-99)87(142)112-54-75(130)119-62(29-5-17-41-95)83(138)108-52-72(127)116-61(28-4-16-40-94)81(136)106-50-70(125)114-59(79(104)134)26-2-14-38-92/h58-69H,1-57,91-103H2,(H2,104,134)(H,105,135)(H,106,136)(H,107,137)(H,108,138)(H,109,139)(H,110,140)(H,111,141)(H,112,142)(H,113,143)(H,114,125)(H,115,126)(H,116,127)(H,117,128)(H,118,129)(H,119,130)(H,120,131)(H,121,132)(H,122,133)(H,123,145)(H,124,144)/t58-,59-,60-,61-,62-,63-,64-,65-,66-,67-,68-,69-/m0/s1. The van der Waals surface area contributed by atoms with Gasteiger partial charge in [0.25, 0.3) is 0 Å². The molecule has 0 radical (unpaired) electrons. The fourth-order valence-electron chi connectivity index (χ4n) is 14.4. The van der Waals surface area contributed by atoms with Crippen molar-refractivity contribution >= 4 is 124 Å². The molecule has 0 bridgehead atoms. The highest BCUT2D eigenvalue weighted by Gasteiger charge is 2.35. The van der Waals surface area contributed by atoms with Crippen LogP contribution in [-0.4, -0.2) is 334 Å². The van der Waals surface area contributed by atoms with Gasteiger partial charge in [-0.2, -0.15) is 0 Å². The van der Waals surface area contributed by atoms with Crippen molar-refractivity contribution in [1.29, 1.82) is 0 Å². The van der Waals surface area contributed by atoms with E-state index in [1.165, 1.54) is 0 Å². The lowest BCUT2D eigenvalue weighted by Crippen LogP contribution is -2.57. The molecular weight excluding hydrogens is 1890 g/mol. The molecule has 0 aliphatic rings. The van der Waals surface area contributed by atoms with Crippen molar-refractivity contribution in [3.8, 4) is 0 Å². The van der Waals surface area contributed by atoms with Gasteiger partial charge in [-0.05, 0) is 303 Å². The molecule has 0 aliphatic carbocycles. The number of amides is 21. The van der Waals surface area contributed by atoms with Gasteiger partial charge in [0.05, 0.1) is 64.9 Å². The summed E-state index contributed by atoms with van der Waals surface area (Å²) in [6.45, 7) is -2.98. The van der Waals surface area contributed by atoms with Crippen LogP contribution < -0.4 is 187 Å². The van der Waals surface area contributed by atoms with E-state index < -0.39 is 255 Å². The van der Waals surface area contributed by atoms with E-state index in [-0.39, 0.29) is 130 Å². The second-order valence-corrected chi connectivity index (χ2v) is 35.1. The van der Waals surface area contributed by atoms with Crippen LogP contribution in [0.25, 0.3) is 0 Å². The summed E-state index contributed by atoms with van der Waals surface area (Å²) in [7, 11) is 0. The Morgan fingerprint density at radius 2 is 0.262 bits per heavy atom. The Balaban J connectivity index is 6.35. The summed E-state index contributed by atoms with van der Waals surface area (Å²) in [6.07, 6.45) is 10.7. The Morgan fingerprint density at radius 1 is 0.145 bits per heavy atom. The number of carbonyl (C=O) groups is 21. The molecule has 0 rings (SSSR count). The molecule has 0 spiro atoms. The summed E-state index contributed by atoms with van der Waals surface area (Å²) in [5.74, 6) is -17.0. The monoisotopic (exact) mass is 2070 g/mol. The molecule has 0 aromatic heterocycles. The average Bonchev–Trinajstić information content (AvgIpc) is 0.784. The molecule has 145 heavy (non-hydrogen) atoms. The largest absolute Gasteiger partial charge is 0.368 e. The van der Waals surface area contributed by atoms with E-state index in [2.05, 4.69) is 106 Å². The first-order chi connectivity index (χ1) is 69.5. The Morgan fingerprint density at radius 3 is 0.407 bits per heavy atom. The molecule has 830 valence electrons. The predicted molar refractivity (Wildman–Crippen MR) is 540 cm³/mol. The van der Waals surface area contributed by atoms with Gasteiger partial charge in [0, 0.05) is 0 Å². The van der Waals surface area contributed by atoms with E-state index in [1.54, 1.807) is 0 Å². The maximum Gasteiger partial charge on any atom is 0.243 e. The van der Waals surface area contributed by atoms with Gasteiger partial charge in [-0.1, -0.05) is 6.42 Å². The van der Waals surface area contributed by atoms with Crippen molar-refractivity contribution in [2.45, 2.75) is 304 Å². The van der Waals surface area contributed by atoms with Crippen LogP contribution in [0.1, 0.15) is 231 Å². The van der Waals surface area contributed by atoms with Gasteiger partial charge in [-0.15, -0.1) is 0 Å². The molecule has 12 atom stereocenters. The summed E-state index contributed by atoms with van der Waals surface area (Å²) < 4.78 is 0. The maximum absolute atomic E-state index is 14.2. The summed E-state index contributed by atoms with van der Waals surface area (Å²) in [5.41, 5.74) is 79.9. The molecule has 55 nitrogen and oxygen atoms in total. The van der Waals surface area contributed by atoms with Crippen LogP contribution in [0.4, 0.5) is 0 Å². The van der Waals surface area contributed by atoms with Crippen molar-refractivity contribution < 1.29 is 101 Å². The van der Waals surface area contributed by atoms with Gasteiger partial charge in [-0.3, -0.25) is 101 Å². The number of hydrogen-bond acceptors (Lipinski definition) is 34. The van der Waals surface area contributed by atoms with Crippen LogP contribution in [0.15, 0.2) is 0 Å². The zero-order chi connectivity index (χ0) is 108. The first-order valence-corrected chi connectivity index (χ1v) is 50.7. The molecule has 0 aromatic carbocycles. The van der Waals surface area contributed by atoms with Gasteiger partial charge in [0.1, 0.15) is 66.5 Å². The van der Waals surface area contributed by atoms with Crippen molar-refractivity contribution in [2.24, 2.45) is 80.3 Å². The van der Waals surface area contributed by atoms with E-state index in [0.29, 0.717) is 180 Å². The maximum atomic E-state index is 14.2. The molecular formula is C90H174N34O21. The first kappa shape index (κ1) is 133. The SMILES string of the molecule is NCCCC[C@H](NC(=O)CNC(=O)[C@H](CCCCN)NC(=O)CNC(=O)[C@H](CCCCN)NC(=O)CNC(=O)[C@H](CCCCN)NC(=O)[C@H](CCCCN)NC(=O)CNC(=O)[C@H](CCCCN)NC(=O)CNC(=O)[C@H](CCCCN)NC(=O)CNC(=O)[C@H](CCCCN)NC(=O)[C@H](CCCCN)NC(=O)CNC(=O)[C@H](CCCCN)NC(=O)CNC(=O)[C@H](CCCCN)NC(=O)CNC(=O)[C@@H](N)CCCCN)C(N)=O. The van der Waals surface area contributed by atoms with Crippen LogP contribution in [0, 0.1) is 0 Å². The number of hydrogen-bond donors (Lipinski definition) is 34. The summed E-state index contributed by atoms with van der Waals surface area (Å²) in [6, 6.07) is -14.7. The molecule has 0 saturated heterocycles. The molecule has 0 fully saturated rings. The van der Waals surface area contributed by atoms with Gasteiger partial charge in [-0.25, -0.2) is 0 Å². The van der Waals surface area contributed by atoms with Crippen molar-refractivity contribution in [3.05, 3.63) is 0 Å². The molecule has 48 N–H and O–H groups in total. The topological polar surface area (TPSA) is 963 Å². The normalized spacial score (nSPS) is 13.5. The third-order valence-corrected chi connectivity index (χ3v) is 22.7. The number of primary amides is 1. The minimum absolute atomic E-state index is 0.00259. The highest BCUT2D eigenvalue weighted by atomic mass is 16.2. The number of carbonyl (C=O) groups excluding carboxylic acids is 21. The summed E-state index contributed by atoms with van der Waals surface area (Å²) in [4.78, 5) is 283. The van der Waals surface area contributed by atoms with E-state index in [0.717, 1.165) is 0 Å². The van der Waals surface area contributed by atoms with Crippen LogP contribution in [-0.2, 0) is 101 Å². The van der Waals surface area contributed by atoms with Gasteiger partial charge in [0.2, 0.25) is 124 Å². The molecule has 0 aromatic rings. The zero-order valence-corrected chi connectivity index (χ0v) is 84.4. The smallest absolute Gasteiger partial charge is 0.243 e. The van der Waals surface area contributed by atoms with Crippen LogP contribution in [0.2, 0.25) is 0 Å². The lowest BCUT2D eigenvalue weighted by Gasteiger charge is -2.24. The van der Waals surface area contributed by atoms with E-state index in [4.69, 9.17) is 80.3 Å². The minimum atomic E-state index is -1.33. The van der Waals surface area contributed by atoms with Crippen LogP contribution >= 0.6 is 0 Å². The number of rotatable bonds is 89. The second kappa shape index (κ2) is 84.5. The summed E-state index contributed by atoms with van der Waals surface area (Å²) in [5, 5.41) is 50.3. The first-order valence-electron chi connectivity index (χ1n) is 50.7. The second-order valence-electron chi connectivity index (χ2n) is 35.1. The Hall–Kier alpha value is -11.6. The molecule has 21 amide bonds. The van der Waals surface area contributed by atoms with Gasteiger partial charge >= 0.3 is 0 Å². The fraction of sp³-hybridized carbons (Fsp3) is 0.767. The zero-order valence-electron chi connectivity index (χ0n) is 84.4. The fourth-order valence-corrected chi connectivity index (χ4v) is 14.4. The van der Waals surface area contributed by atoms with E-state index in [9.17, 15) is 101 Å². The Kier molecular flexibility index (Phi) is 77.7. The molecule has 0 saturated carbocycles. The molecule has 0 aliphatic heterocycles. The van der Waals surface area contributed by atoms with Crippen molar-refractivity contribution in [1.82, 2.24) is 106 Å². The number of nitrogens with one attached hydrogen (secondary N) is 20. The third-order valence-electron chi connectivity index (χ3n) is 22.7. The molecule has 0 unspecified atom stereocenters. The molecule has 55 heteroatoms. The third kappa shape index (κ3) is 65.5. The van der Waals surface area contributed by atoms with Gasteiger partial charge in [0.15, 0.2) is 0 Å². The lowest BCUT2D eigenvalue weighted by atomic mass is 10.1. The highest BCUT2D eigenvalue weighted by molar-refractivity contribution is 6.00. The quantitative estimate of drug-likeness (QED) is 0.0251. The van der Waals surface area contributed by atoms with E-state index in [1.807, 2.05) is 0 Å². The summed E-state index contributed by atoms with van der Waals surface area (Å²) >= 11 is 0. The van der Waals surface area contributed by atoms with Crippen LogP contribution in [0.3, 0.4) is 0 Å². The molecule has 0 heterocycles. The predicted octanol–water partition coefficient (Wildman–Crippen LogP) is -13.3. The van der Waals surface area contributed by atoms with E-state index >= 15 is 0 Å². The average molecular weight is 2070 g/mol. The number of nitrogens with two attached hydrogens (primary N) is 14. The highest BCUT2D eigenvalue weighted by Crippen LogP contribution is 2.13. The van der Waals surface area contributed by atoms with Crippen molar-refractivity contribution in [3.63, 3.8) is 0 Å². The van der Waals surface area contributed by atoms with Crippen molar-refractivity contribution in [2.75, 3.05) is 137 Å². The Bertz CT molecular complexity index is 3870. The number of unbranched alkanes of at least 4 members (excludes halogenated alkanes) is 12. The lowest BCUT2D eigenvalue weighted by molar-refractivity contribution is -0.134. The minimum Gasteiger partial charge on any atom is -0.368 e. The van der Waals surface area contributed by atoms with Crippen LogP contribution in [0.5, 0.6) is 0 Å². The Labute approximate surface area is 848 Å².